The van der Waals surface area contributed by atoms with E-state index in [0.29, 0.717) is 39.5 Å². The molecule has 0 saturated heterocycles. The molecule has 0 aliphatic carbocycles. The fourth-order valence-electron chi connectivity index (χ4n) is 2.73. The Bertz CT molecular complexity index is 1040. The molecule has 3 aromatic rings. The van der Waals surface area contributed by atoms with Gasteiger partial charge in [0.05, 0.1) is 37.8 Å². The molecule has 0 spiro atoms. The molecule has 3 rings (SSSR count). The molecule has 0 bridgehead atoms. The van der Waals surface area contributed by atoms with Crippen LogP contribution in [0.4, 0.5) is 5.69 Å². The van der Waals surface area contributed by atoms with Gasteiger partial charge in [0, 0.05) is 6.07 Å². The SMILES string of the molecule is COc1ccc(OC)c(NC(=O)C(C)Sc2nnc(-c3ccccc3OC)n2N)c1. The molecule has 10 heteroatoms. The Labute approximate surface area is 178 Å². The summed E-state index contributed by atoms with van der Waals surface area (Å²) in [5.74, 6) is 8.15. The van der Waals surface area contributed by atoms with E-state index < -0.39 is 5.25 Å². The lowest BCUT2D eigenvalue weighted by atomic mass is 10.2. The molecule has 0 radical (unpaired) electrons. The molecular formula is C20H23N5O4S. The molecule has 1 heterocycles. The molecule has 1 aromatic heterocycles. The molecule has 2 aromatic carbocycles. The van der Waals surface area contributed by atoms with Gasteiger partial charge < -0.3 is 25.4 Å². The molecule has 30 heavy (non-hydrogen) atoms. The Balaban J connectivity index is 1.76. The van der Waals surface area contributed by atoms with Crippen molar-refractivity contribution in [3.05, 3.63) is 42.5 Å². The maximum absolute atomic E-state index is 12.7. The van der Waals surface area contributed by atoms with Crippen LogP contribution < -0.4 is 25.4 Å². The number of benzene rings is 2. The molecule has 158 valence electrons. The van der Waals surface area contributed by atoms with Gasteiger partial charge in [-0.3, -0.25) is 4.79 Å². The molecule has 9 nitrogen and oxygen atoms in total. The second kappa shape index (κ2) is 9.40. The summed E-state index contributed by atoms with van der Waals surface area (Å²) in [7, 11) is 4.66. The molecular weight excluding hydrogens is 406 g/mol. The van der Waals surface area contributed by atoms with E-state index in [1.54, 1.807) is 39.3 Å². The highest BCUT2D eigenvalue weighted by atomic mass is 32.2. The maximum atomic E-state index is 12.7. The van der Waals surface area contributed by atoms with E-state index in [0.717, 1.165) is 0 Å². The molecule has 0 aliphatic rings. The van der Waals surface area contributed by atoms with Gasteiger partial charge in [-0.1, -0.05) is 23.9 Å². The van der Waals surface area contributed by atoms with Crippen molar-refractivity contribution in [1.29, 1.82) is 0 Å². The van der Waals surface area contributed by atoms with Crippen LogP contribution in [-0.4, -0.2) is 47.4 Å². The van der Waals surface area contributed by atoms with E-state index in [-0.39, 0.29) is 5.91 Å². The zero-order chi connectivity index (χ0) is 21.7. The third-order valence-electron chi connectivity index (χ3n) is 4.33. The number of nitrogens with one attached hydrogen (secondary N) is 1. The number of anilines is 1. The van der Waals surface area contributed by atoms with E-state index in [1.165, 1.54) is 23.5 Å². The third-order valence-corrected chi connectivity index (χ3v) is 5.39. The topological polar surface area (TPSA) is 114 Å². The largest absolute Gasteiger partial charge is 0.497 e. The van der Waals surface area contributed by atoms with E-state index in [4.69, 9.17) is 20.1 Å². The van der Waals surface area contributed by atoms with E-state index >= 15 is 0 Å². The van der Waals surface area contributed by atoms with Crippen LogP contribution in [0.2, 0.25) is 0 Å². The lowest BCUT2D eigenvalue weighted by molar-refractivity contribution is -0.115. The zero-order valence-corrected chi connectivity index (χ0v) is 17.9. The van der Waals surface area contributed by atoms with Crippen molar-refractivity contribution >= 4 is 23.4 Å². The van der Waals surface area contributed by atoms with Crippen LogP contribution in [0.3, 0.4) is 0 Å². The number of nitrogens with two attached hydrogens (primary N) is 1. The molecule has 0 aliphatic heterocycles. The van der Waals surface area contributed by atoms with E-state index in [9.17, 15) is 4.79 Å². The van der Waals surface area contributed by atoms with Crippen molar-refractivity contribution in [3.63, 3.8) is 0 Å². The number of thioether (sulfide) groups is 1. The Kier molecular flexibility index (Phi) is 6.68. The highest BCUT2D eigenvalue weighted by Gasteiger charge is 2.22. The first kappa shape index (κ1) is 21.3. The molecule has 1 atom stereocenters. The van der Waals surface area contributed by atoms with Crippen molar-refractivity contribution in [1.82, 2.24) is 14.9 Å². The summed E-state index contributed by atoms with van der Waals surface area (Å²) in [6.07, 6.45) is 0. The monoisotopic (exact) mass is 429 g/mol. The number of rotatable bonds is 8. The van der Waals surface area contributed by atoms with Gasteiger partial charge in [-0.05, 0) is 31.2 Å². The van der Waals surface area contributed by atoms with Crippen LogP contribution in [0, 0.1) is 0 Å². The van der Waals surface area contributed by atoms with Crippen LogP contribution in [0.5, 0.6) is 17.2 Å². The molecule has 0 fully saturated rings. The lowest BCUT2D eigenvalue weighted by Crippen LogP contribution is -2.24. The Morgan fingerprint density at radius 3 is 2.50 bits per heavy atom. The summed E-state index contributed by atoms with van der Waals surface area (Å²) >= 11 is 1.19. The maximum Gasteiger partial charge on any atom is 0.237 e. The Morgan fingerprint density at radius 1 is 1.07 bits per heavy atom. The third kappa shape index (κ3) is 4.43. The van der Waals surface area contributed by atoms with Gasteiger partial charge >= 0.3 is 0 Å². The summed E-state index contributed by atoms with van der Waals surface area (Å²) in [6, 6.07) is 12.5. The minimum atomic E-state index is -0.502. The van der Waals surface area contributed by atoms with Gasteiger partial charge in [-0.25, -0.2) is 4.68 Å². The second-order valence-corrected chi connectivity index (χ2v) is 7.50. The van der Waals surface area contributed by atoms with Crippen molar-refractivity contribution in [2.24, 2.45) is 0 Å². The zero-order valence-electron chi connectivity index (χ0n) is 17.1. The second-order valence-electron chi connectivity index (χ2n) is 6.19. The number of para-hydroxylation sites is 1. The first-order valence-corrected chi connectivity index (χ1v) is 9.89. The summed E-state index contributed by atoms with van der Waals surface area (Å²) in [5.41, 5.74) is 1.22. The summed E-state index contributed by atoms with van der Waals surface area (Å²) in [5, 5.41) is 11.0. The normalized spacial score (nSPS) is 11.6. The van der Waals surface area contributed by atoms with Crippen molar-refractivity contribution in [2.75, 3.05) is 32.5 Å². The predicted molar refractivity (Wildman–Crippen MR) is 116 cm³/mol. The highest BCUT2D eigenvalue weighted by molar-refractivity contribution is 8.00. The van der Waals surface area contributed by atoms with Gasteiger partial charge in [-0.15, -0.1) is 10.2 Å². The standard InChI is InChI=1S/C20H23N5O4S/c1-12(19(26)22-15-11-13(27-2)9-10-17(15)29-4)30-20-24-23-18(25(20)21)14-7-5-6-8-16(14)28-3/h5-12H,21H2,1-4H3,(H,22,26). The minimum Gasteiger partial charge on any atom is -0.497 e. The molecule has 1 amide bonds. The predicted octanol–water partition coefficient (Wildman–Crippen LogP) is 2.80. The first-order chi connectivity index (χ1) is 14.5. The van der Waals surface area contributed by atoms with Crippen molar-refractivity contribution in [3.8, 4) is 28.6 Å². The average molecular weight is 430 g/mol. The smallest absolute Gasteiger partial charge is 0.237 e. The number of hydrogen-bond acceptors (Lipinski definition) is 8. The van der Waals surface area contributed by atoms with Crippen molar-refractivity contribution < 1.29 is 19.0 Å². The summed E-state index contributed by atoms with van der Waals surface area (Å²) in [6.45, 7) is 1.75. The van der Waals surface area contributed by atoms with Crippen LogP contribution in [0.1, 0.15) is 6.92 Å². The number of hydrogen-bond donors (Lipinski definition) is 2. The fraction of sp³-hybridized carbons (Fsp3) is 0.250. The highest BCUT2D eigenvalue weighted by Crippen LogP contribution is 2.32. The molecule has 1 unspecified atom stereocenters. The fourth-order valence-corrected chi connectivity index (χ4v) is 3.50. The Hall–Kier alpha value is -3.40. The van der Waals surface area contributed by atoms with Gasteiger partial charge in [-0.2, -0.15) is 0 Å². The quantitative estimate of drug-likeness (QED) is 0.415. The number of ether oxygens (including phenoxy) is 3. The molecule has 3 N–H and O–H groups in total. The number of carbonyl (C=O) groups is 1. The van der Waals surface area contributed by atoms with Gasteiger partial charge in [0.1, 0.15) is 17.2 Å². The van der Waals surface area contributed by atoms with Crippen LogP contribution in [0.15, 0.2) is 47.6 Å². The molecule has 0 saturated carbocycles. The minimum absolute atomic E-state index is 0.242. The number of aromatic nitrogens is 3. The Morgan fingerprint density at radius 2 is 1.80 bits per heavy atom. The summed E-state index contributed by atoms with van der Waals surface area (Å²) in [4.78, 5) is 12.7. The number of nitrogens with zero attached hydrogens (tertiary/aromatic N) is 3. The van der Waals surface area contributed by atoms with Gasteiger partial charge in [0.15, 0.2) is 5.82 Å². The first-order valence-electron chi connectivity index (χ1n) is 9.02. The van der Waals surface area contributed by atoms with Gasteiger partial charge in [0.25, 0.3) is 0 Å². The van der Waals surface area contributed by atoms with E-state index in [2.05, 4.69) is 15.5 Å². The average Bonchev–Trinajstić information content (AvgIpc) is 3.13. The number of amides is 1. The van der Waals surface area contributed by atoms with Gasteiger partial charge in [0.2, 0.25) is 11.1 Å². The van der Waals surface area contributed by atoms with Crippen LogP contribution >= 0.6 is 11.8 Å². The van der Waals surface area contributed by atoms with Crippen LogP contribution in [0.25, 0.3) is 11.4 Å². The number of nitrogen functional groups attached to an aromatic ring is 1. The number of carbonyl (C=O) groups excluding carboxylic acids is 1. The number of methoxy groups -OCH3 is 3. The van der Waals surface area contributed by atoms with Crippen LogP contribution in [-0.2, 0) is 4.79 Å². The lowest BCUT2D eigenvalue weighted by Gasteiger charge is -2.15. The summed E-state index contributed by atoms with van der Waals surface area (Å²) < 4.78 is 17.2. The van der Waals surface area contributed by atoms with Crippen molar-refractivity contribution in [2.45, 2.75) is 17.3 Å². The van der Waals surface area contributed by atoms with E-state index in [1.807, 2.05) is 24.3 Å².